The summed E-state index contributed by atoms with van der Waals surface area (Å²) in [7, 11) is 0. The summed E-state index contributed by atoms with van der Waals surface area (Å²) in [6.07, 6.45) is 1.86. The van der Waals surface area contributed by atoms with E-state index < -0.39 is 6.10 Å². The highest BCUT2D eigenvalue weighted by Gasteiger charge is 2.22. The number of hydrogen-bond donors (Lipinski definition) is 1. The molecule has 0 amide bonds. The number of nitrogens with zero attached hydrogens (tertiary/aromatic N) is 1. The molecular formula is C23H30ClNO3. The highest BCUT2D eigenvalue weighted by molar-refractivity contribution is 6.30. The van der Waals surface area contributed by atoms with Gasteiger partial charge in [-0.25, -0.2) is 0 Å². The predicted octanol–water partition coefficient (Wildman–Crippen LogP) is 4.38. The number of ether oxygens (including phenoxy) is 2. The predicted molar refractivity (Wildman–Crippen MR) is 113 cm³/mol. The van der Waals surface area contributed by atoms with Crippen LogP contribution in [0.4, 0.5) is 0 Å². The van der Waals surface area contributed by atoms with E-state index in [1.54, 1.807) is 12.1 Å². The minimum absolute atomic E-state index is 0.245. The molecule has 152 valence electrons. The molecule has 1 heterocycles. The average Bonchev–Trinajstić information content (AvgIpc) is 3.16. The van der Waals surface area contributed by atoms with Gasteiger partial charge in [0.05, 0.1) is 6.10 Å². The summed E-state index contributed by atoms with van der Waals surface area (Å²) in [6.45, 7) is 7.50. The van der Waals surface area contributed by atoms with E-state index in [0.29, 0.717) is 17.3 Å². The van der Waals surface area contributed by atoms with Crippen LogP contribution in [0.1, 0.15) is 29.5 Å². The van der Waals surface area contributed by atoms with Crippen LogP contribution in [0.2, 0.25) is 5.02 Å². The summed E-state index contributed by atoms with van der Waals surface area (Å²) in [5.41, 5.74) is 3.84. The van der Waals surface area contributed by atoms with Crippen molar-refractivity contribution < 1.29 is 14.6 Å². The number of aliphatic hydroxyl groups is 1. The first kappa shape index (κ1) is 21.1. The minimum Gasteiger partial charge on any atom is -0.491 e. The van der Waals surface area contributed by atoms with E-state index in [0.717, 1.165) is 32.5 Å². The zero-order valence-electron chi connectivity index (χ0n) is 16.7. The van der Waals surface area contributed by atoms with Crippen molar-refractivity contribution in [2.75, 3.05) is 26.3 Å². The van der Waals surface area contributed by atoms with Crippen molar-refractivity contribution in [3.8, 4) is 5.75 Å². The van der Waals surface area contributed by atoms with Crippen LogP contribution in [0.3, 0.4) is 0 Å². The second-order valence-corrected chi connectivity index (χ2v) is 8.11. The molecule has 4 nitrogen and oxygen atoms in total. The van der Waals surface area contributed by atoms with Crippen LogP contribution in [0.5, 0.6) is 5.75 Å². The van der Waals surface area contributed by atoms with Gasteiger partial charge in [0.15, 0.2) is 0 Å². The largest absolute Gasteiger partial charge is 0.491 e. The van der Waals surface area contributed by atoms with Crippen molar-refractivity contribution in [3.63, 3.8) is 0 Å². The molecule has 0 bridgehead atoms. The topological polar surface area (TPSA) is 41.9 Å². The number of aliphatic hydroxyl groups excluding tert-OH is 1. The Morgan fingerprint density at radius 3 is 2.68 bits per heavy atom. The summed E-state index contributed by atoms with van der Waals surface area (Å²) in [6, 6.07) is 13.7. The lowest BCUT2D eigenvalue weighted by atomic mass is 10.0. The van der Waals surface area contributed by atoms with Crippen LogP contribution in [0, 0.1) is 13.8 Å². The second-order valence-electron chi connectivity index (χ2n) is 7.68. The smallest absolute Gasteiger partial charge is 0.119 e. The third-order valence-corrected chi connectivity index (χ3v) is 5.35. The molecule has 2 atom stereocenters. The number of benzene rings is 2. The van der Waals surface area contributed by atoms with E-state index in [2.05, 4.69) is 36.9 Å². The van der Waals surface area contributed by atoms with Gasteiger partial charge < -0.3 is 14.6 Å². The molecule has 2 aromatic rings. The Bertz CT molecular complexity index is 744. The molecule has 28 heavy (non-hydrogen) atoms. The van der Waals surface area contributed by atoms with E-state index >= 15 is 0 Å². The van der Waals surface area contributed by atoms with Crippen molar-refractivity contribution in [3.05, 3.63) is 64.2 Å². The Morgan fingerprint density at radius 1 is 1.21 bits per heavy atom. The fraction of sp³-hybridized carbons (Fsp3) is 0.478. The maximum absolute atomic E-state index is 10.6. The van der Waals surface area contributed by atoms with Gasteiger partial charge in [0.1, 0.15) is 18.5 Å². The molecule has 0 unspecified atom stereocenters. The molecule has 0 aliphatic carbocycles. The van der Waals surface area contributed by atoms with Gasteiger partial charge in [-0.15, -0.1) is 0 Å². The lowest BCUT2D eigenvalue weighted by Crippen LogP contribution is -2.39. The molecule has 0 saturated carbocycles. The Hall–Kier alpha value is -1.59. The van der Waals surface area contributed by atoms with Crippen LogP contribution in [0.25, 0.3) is 0 Å². The Kier molecular flexibility index (Phi) is 7.74. The standard InChI is InChI=1S/C23H30ClNO3/c1-17-5-6-19(18(2)12-17)13-25(15-23-4-3-11-27-23)14-21(26)16-28-22-9-7-20(24)8-10-22/h5-10,12,21,23,26H,3-4,11,13-16H2,1-2H3/t21-,23+/m1/s1. The SMILES string of the molecule is Cc1ccc(CN(C[C@@H](O)COc2ccc(Cl)cc2)C[C@@H]2CCCO2)c(C)c1. The first-order valence-corrected chi connectivity index (χ1v) is 10.3. The van der Waals surface area contributed by atoms with Crippen molar-refractivity contribution in [2.45, 2.75) is 45.4 Å². The van der Waals surface area contributed by atoms with E-state index in [4.69, 9.17) is 21.1 Å². The monoisotopic (exact) mass is 403 g/mol. The Balaban J connectivity index is 1.59. The lowest BCUT2D eigenvalue weighted by Gasteiger charge is -2.28. The van der Waals surface area contributed by atoms with Crippen LogP contribution in [0.15, 0.2) is 42.5 Å². The molecule has 0 radical (unpaired) electrons. The lowest BCUT2D eigenvalue weighted by molar-refractivity contribution is 0.0313. The summed E-state index contributed by atoms with van der Waals surface area (Å²) < 4.78 is 11.5. The van der Waals surface area contributed by atoms with Gasteiger partial charge in [-0.2, -0.15) is 0 Å². The first-order valence-electron chi connectivity index (χ1n) is 9.96. The molecule has 2 aromatic carbocycles. The van der Waals surface area contributed by atoms with Crippen molar-refractivity contribution in [2.24, 2.45) is 0 Å². The van der Waals surface area contributed by atoms with Crippen LogP contribution >= 0.6 is 11.6 Å². The van der Waals surface area contributed by atoms with Crippen molar-refractivity contribution in [1.82, 2.24) is 4.90 Å². The molecule has 1 N–H and O–H groups in total. The maximum Gasteiger partial charge on any atom is 0.119 e. The molecule has 1 fully saturated rings. The maximum atomic E-state index is 10.6. The van der Waals surface area contributed by atoms with Crippen LogP contribution in [-0.4, -0.2) is 48.5 Å². The quantitative estimate of drug-likeness (QED) is 0.674. The first-order chi connectivity index (χ1) is 13.5. The second kappa shape index (κ2) is 10.3. The molecular weight excluding hydrogens is 374 g/mol. The van der Waals surface area contributed by atoms with Gasteiger partial charge in [-0.05, 0) is 62.1 Å². The highest BCUT2D eigenvalue weighted by Crippen LogP contribution is 2.19. The van der Waals surface area contributed by atoms with Gasteiger partial charge in [0.25, 0.3) is 0 Å². The number of halogens is 1. The molecule has 1 aliphatic heterocycles. The van der Waals surface area contributed by atoms with Gasteiger partial charge >= 0.3 is 0 Å². The van der Waals surface area contributed by atoms with Crippen LogP contribution in [-0.2, 0) is 11.3 Å². The van der Waals surface area contributed by atoms with Gasteiger partial charge in [0, 0.05) is 31.3 Å². The Labute approximate surface area is 173 Å². The number of aryl methyl sites for hydroxylation is 2. The third-order valence-electron chi connectivity index (χ3n) is 5.10. The molecule has 5 heteroatoms. The Morgan fingerprint density at radius 2 is 2.00 bits per heavy atom. The van der Waals surface area contributed by atoms with E-state index in [1.807, 2.05) is 12.1 Å². The van der Waals surface area contributed by atoms with Crippen molar-refractivity contribution in [1.29, 1.82) is 0 Å². The van der Waals surface area contributed by atoms with E-state index in [-0.39, 0.29) is 12.7 Å². The fourth-order valence-corrected chi connectivity index (χ4v) is 3.74. The summed E-state index contributed by atoms with van der Waals surface area (Å²) in [4.78, 5) is 2.28. The molecule has 3 rings (SSSR count). The van der Waals surface area contributed by atoms with Crippen molar-refractivity contribution >= 4 is 11.6 Å². The average molecular weight is 404 g/mol. The zero-order valence-corrected chi connectivity index (χ0v) is 17.5. The third kappa shape index (κ3) is 6.49. The summed E-state index contributed by atoms with van der Waals surface area (Å²) >= 11 is 5.90. The highest BCUT2D eigenvalue weighted by atomic mass is 35.5. The van der Waals surface area contributed by atoms with E-state index in [9.17, 15) is 5.11 Å². The zero-order chi connectivity index (χ0) is 19.9. The van der Waals surface area contributed by atoms with Gasteiger partial charge in [-0.1, -0.05) is 35.4 Å². The van der Waals surface area contributed by atoms with Crippen LogP contribution < -0.4 is 4.74 Å². The molecule has 1 saturated heterocycles. The van der Waals surface area contributed by atoms with Gasteiger partial charge in [-0.3, -0.25) is 4.90 Å². The van der Waals surface area contributed by atoms with Gasteiger partial charge in [0.2, 0.25) is 0 Å². The molecule has 0 aromatic heterocycles. The number of hydrogen-bond acceptors (Lipinski definition) is 4. The number of rotatable bonds is 9. The normalized spacial score (nSPS) is 17.8. The summed E-state index contributed by atoms with van der Waals surface area (Å²) in [5, 5.41) is 11.2. The molecule has 1 aliphatic rings. The van der Waals surface area contributed by atoms with E-state index in [1.165, 1.54) is 16.7 Å². The minimum atomic E-state index is -0.581. The fourth-order valence-electron chi connectivity index (χ4n) is 3.62. The summed E-state index contributed by atoms with van der Waals surface area (Å²) in [5.74, 6) is 0.712. The molecule has 0 spiro atoms.